The van der Waals surface area contributed by atoms with E-state index in [4.69, 9.17) is 9.15 Å². The molecule has 5 nitrogen and oxygen atoms in total. The van der Waals surface area contributed by atoms with Gasteiger partial charge in [0.15, 0.2) is 5.69 Å². The van der Waals surface area contributed by atoms with Crippen LogP contribution in [0.3, 0.4) is 0 Å². The molecule has 2 heterocycles. The molecule has 1 atom stereocenters. The minimum absolute atomic E-state index is 0.101. The lowest BCUT2D eigenvalue weighted by atomic mass is 9.92. The molecule has 5 heteroatoms. The summed E-state index contributed by atoms with van der Waals surface area (Å²) in [7, 11) is 0. The molecule has 1 aliphatic rings. The van der Waals surface area contributed by atoms with Gasteiger partial charge < -0.3 is 14.1 Å². The van der Waals surface area contributed by atoms with E-state index in [2.05, 4.69) is 30.1 Å². The molecule has 1 unspecified atom stereocenters. The van der Waals surface area contributed by atoms with Crippen LogP contribution in [-0.4, -0.2) is 28.4 Å². The quantitative estimate of drug-likeness (QED) is 0.871. The second-order valence-electron chi connectivity index (χ2n) is 5.40. The highest BCUT2D eigenvalue weighted by molar-refractivity contribution is 5.92. The lowest BCUT2D eigenvalue weighted by Gasteiger charge is -2.36. The van der Waals surface area contributed by atoms with Crippen LogP contribution in [0.5, 0.6) is 6.08 Å². The number of nitrogens with zero attached hydrogens (tertiary/aromatic N) is 2. The molecule has 0 aliphatic carbocycles. The lowest BCUT2D eigenvalue weighted by molar-refractivity contribution is 0.0628. The molecule has 116 valence electrons. The second-order valence-corrected chi connectivity index (χ2v) is 5.40. The van der Waals surface area contributed by atoms with Crippen molar-refractivity contribution >= 4 is 5.91 Å². The summed E-state index contributed by atoms with van der Waals surface area (Å²) in [6, 6.07) is 8.47. The molecule has 0 fully saturated rings. The summed E-state index contributed by atoms with van der Waals surface area (Å²) >= 11 is 0. The maximum atomic E-state index is 12.7. The molecule has 1 aromatic heterocycles. The van der Waals surface area contributed by atoms with E-state index < -0.39 is 0 Å². The van der Waals surface area contributed by atoms with E-state index in [1.54, 1.807) is 0 Å². The van der Waals surface area contributed by atoms with Crippen molar-refractivity contribution < 1.29 is 13.9 Å². The molecule has 0 saturated heterocycles. The van der Waals surface area contributed by atoms with Gasteiger partial charge in [-0.3, -0.25) is 4.79 Å². The molecule has 1 aromatic carbocycles. The Morgan fingerprint density at radius 1 is 1.36 bits per heavy atom. The Bertz CT molecular complexity index is 665. The maximum absolute atomic E-state index is 12.7. The van der Waals surface area contributed by atoms with E-state index in [0.717, 1.165) is 12.8 Å². The SMILES string of the molecule is CCOc1nc(C(=O)N2Cc3ccccc3CC2CC)co1. The monoisotopic (exact) mass is 300 g/mol. The number of hydrogen-bond donors (Lipinski definition) is 0. The Morgan fingerprint density at radius 2 is 2.14 bits per heavy atom. The van der Waals surface area contributed by atoms with Gasteiger partial charge in [0.1, 0.15) is 6.26 Å². The van der Waals surface area contributed by atoms with Crippen LogP contribution in [0, 0.1) is 0 Å². The first-order chi connectivity index (χ1) is 10.7. The largest absolute Gasteiger partial charge is 0.450 e. The number of amides is 1. The first kappa shape index (κ1) is 14.6. The number of ether oxygens (including phenoxy) is 1. The average molecular weight is 300 g/mol. The van der Waals surface area contributed by atoms with E-state index in [9.17, 15) is 4.79 Å². The molecule has 0 bridgehead atoms. The van der Waals surface area contributed by atoms with Crippen LogP contribution < -0.4 is 4.74 Å². The zero-order chi connectivity index (χ0) is 15.5. The average Bonchev–Trinajstić information content (AvgIpc) is 3.02. The van der Waals surface area contributed by atoms with Crippen molar-refractivity contribution in [1.29, 1.82) is 0 Å². The Morgan fingerprint density at radius 3 is 2.86 bits per heavy atom. The number of carbonyl (C=O) groups is 1. The number of oxazole rings is 1. The summed E-state index contributed by atoms with van der Waals surface area (Å²) in [6.07, 6.45) is 3.32. The second kappa shape index (κ2) is 6.22. The van der Waals surface area contributed by atoms with Crippen LogP contribution in [0.2, 0.25) is 0 Å². The molecule has 1 amide bonds. The van der Waals surface area contributed by atoms with Crippen molar-refractivity contribution in [2.24, 2.45) is 0 Å². The zero-order valence-electron chi connectivity index (χ0n) is 12.9. The van der Waals surface area contributed by atoms with Crippen LogP contribution in [-0.2, 0) is 13.0 Å². The number of hydrogen-bond acceptors (Lipinski definition) is 4. The summed E-state index contributed by atoms with van der Waals surface area (Å²) in [5.74, 6) is -0.101. The number of aromatic nitrogens is 1. The van der Waals surface area contributed by atoms with Gasteiger partial charge in [-0.05, 0) is 30.9 Å². The Balaban J connectivity index is 1.84. The Kier molecular flexibility index (Phi) is 4.13. The van der Waals surface area contributed by atoms with Crippen molar-refractivity contribution in [2.45, 2.75) is 39.3 Å². The molecule has 0 saturated carbocycles. The normalized spacial score (nSPS) is 17.2. The fourth-order valence-corrected chi connectivity index (χ4v) is 2.88. The maximum Gasteiger partial charge on any atom is 0.394 e. The minimum Gasteiger partial charge on any atom is -0.450 e. The lowest BCUT2D eigenvalue weighted by Crippen LogP contribution is -2.44. The van der Waals surface area contributed by atoms with E-state index in [1.807, 2.05) is 17.9 Å². The van der Waals surface area contributed by atoms with E-state index in [0.29, 0.717) is 18.8 Å². The summed E-state index contributed by atoms with van der Waals surface area (Å²) < 4.78 is 10.4. The first-order valence-electron chi connectivity index (χ1n) is 7.69. The van der Waals surface area contributed by atoms with E-state index in [1.165, 1.54) is 17.4 Å². The summed E-state index contributed by atoms with van der Waals surface area (Å²) in [4.78, 5) is 18.7. The van der Waals surface area contributed by atoms with Crippen molar-refractivity contribution in [2.75, 3.05) is 6.61 Å². The summed E-state index contributed by atoms with van der Waals surface area (Å²) in [6.45, 7) is 5.03. The molecule has 0 radical (unpaired) electrons. The molecular weight excluding hydrogens is 280 g/mol. The van der Waals surface area contributed by atoms with E-state index >= 15 is 0 Å². The van der Waals surface area contributed by atoms with E-state index in [-0.39, 0.29) is 18.0 Å². The number of fused-ring (bicyclic) bond motifs is 1. The van der Waals surface area contributed by atoms with Crippen LogP contribution in [0.15, 0.2) is 34.9 Å². The third-order valence-electron chi connectivity index (χ3n) is 4.06. The molecule has 2 aromatic rings. The van der Waals surface area contributed by atoms with Crippen molar-refractivity contribution in [1.82, 2.24) is 9.88 Å². The summed E-state index contributed by atoms with van der Waals surface area (Å²) in [5, 5.41) is 0. The Labute approximate surface area is 129 Å². The highest BCUT2D eigenvalue weighted by Crippen LogP contribution is 2.26. The highest BCUT2D eigenvalue weighted by atomic mass is 16.6. The van der Waals surface area contributed by atoms with Gasteiger partial charge in [0.2, 0.25) is 0 Å². The van der Waals surface area contributed by atoms with Crippen molar-refractivity contribution in [3.63, 3.8) is 0 Å². The fraction of sp³-hybridized carbons (Fsp3) is 0.412. The third-order valence-corrected chi connectivity index (χ3v) is 4.06. The van der Waals surface area contributed by atoms with Crippen LogP contribution in [0.4, 0.5) is 0 Å². The predicted octanol–water partition coefficient (Wildman–Crippen LogP) is 3.05. The molecule has 0 spiro atoms. The number of carbonyl (C=O) groups excluding carboxylic acids is 1. The first-order valence-corrected chi connectivity index (χ1v) is 7.69. The minimum atomic E-state index is -0.101. The van der Waals surface area contributed by atoms with Crippen LogP contribution in [0.1, 0.15) is 41.9 Å². The van der Waals surface area contributed by atoms with Gasteiger partial charge >= 0.3 is 6.08 Å². The van der Waals surface area contributed by atoms with Gasteiger partial charge in [-0.15, -0.1) is 0 Å². The number of benzene rings is 1. The van der Waals surface area contributed by atoms with Gasteiger partial charge in [-0.1, -0.05) is 31.2 Å². The van der Waals surface area contributed by atoms with Gasteiger partial charge in [0.05, 0.1) is 6.61 Å². The van der Waals surface area contributed by atoms with Crippen molar-refractivity contribution in [3.05, 3.63) is 47.3 Å². The third kappa shape index (κ3) is 2.71. The molecule has 0 N–H and O–H groups in total. The fourth-order valence-electron chi connectivity index (χ4n) is 2.88. The topological polar surface area (TPSA) is 55.6 Å². The van der Waals surface area contributed by atoms with Crippen molar-refractivity contribution in [3.8, 4) is 6.08 Å². The van der Waals surface area contributed by atoms with Crippen LogP contribution in [0.25, 0.3) is 0 Å². The smallest absolute Gasteiger partial charge is 0.394 e. The number of rotatable bonds is 4. The summed E-state index contributed by atoms with van der Waals surface area (Å²) in [5.41, 5.74) is 2.84. The molecular formula is C17H20N2O3. The van der Waals surface area contributed by atoms with Crippen LogP contribution >= 0.6 is 0 Å². The van der Waals surface area contributed by atoms with Gasteiger partial charge in [-0.2, -0.15) is 4.98 Å². The van der Waals surface area contributed by atoms with Gasteiger partial charge in [0.25, 0.3) is 5.91 Å². The van der Waals surface area contributed by atoms with Gasteiger partial charge in [0, 0.05) is 12.6 Å². The van der Waals surface area contributed by atoms with Gasteiger partial charge in [-0.25, -0.2) is 0 Å². The molecule has 3 rings (SSSR count). The zero-order valence-corrected chi connectivity index (χ0v) is 12.9. The highest BCUT2D eigenvalue weighted by Gasteiger charge is 2.30. The molecule has 1 aliphatic heterocycles. The Hall–Kier alpha value is -2.30. The molecule has 22 heavy (non-hydrogen) atoms. The predicted molar refractivity (Wildman–Crippen MR) is 81.8 cm³/mol. The standard InChI is InChI=1S/C17H20N2O3/c1-3-14-9-12-7-5-6-8-13(12)10-19(14)16(20)15-11-22-17(18-15)21-4-2/h5-8,11,14H,3-4,9-10H2,1-2H3.